The second-order valence-electron chi connectivity index (χ2n) is 10.4. The molecule has 7 aromatic rings. The van der Waals surface area contributed by atoms with Gasteiger partial charge in [-0.1, -0.05) is 97.1 Å². The van der Waals surface area contributed by atoms with Crippen molar-refractivity contribution in [1.29, 1.82) is 0 Å². The van der Waals surface area contributed by atoms with Gasteiger partial charge in [-0.25, -0.2) is 0 Å². The van der Waals surface area contributed by atoms with Crippen LogP contribution in [0.15, 0.2) is 127 Å². The van der Waals surface area contributed by atoms with Gasteiger partial charge in [-0.05, 0) is 68.2 Å². The van der Waals surface area contributed by atoms with E-state index < -0.39 is 7.14 Å². The fourth-order valence-electron chi connectivity index (χ4n) is 6.47. The zero-order valence-corrected chi connectivity index (χ0v) is 22.2. The molecule has 0 N–H and O–H groups in total. The maximum Gasteiger partial charge on any atom is 0.187 e. The number of benzene rings is 7. The summed E-state index contributed by atoms with van der Waals surface area (Å²) in [6.07, 6.45) is 0. The average Bonchev–Trinajstić information content (AvgIpc) is 3.00. The molecule has 1 unspecified atom stereocenters. The molecule has 2 heterocycles. The summed E-state index contributed by atoms with van der Waals surface area (Å²) < 4.78 is 29.5. The molecule has 0 saturated carbocycles. The van der Waals surface area contributed by atoms with E-state index in [0.717, 1.165) is 48.7 Å². The Kier molecular flexibility index (Phi) is 4.32. The number of rotatable bonds is 1. The molecule has 0 aliphatic carbocycles. The van der Waals surface area contributed by atoms with Gasteiger partial charge >= 0.3 is 0 Å². The molecule has 0 bridgehead atoms. The average molecular weight is 533 g/mol. The molecule has 1 atom stereocenters. The molecule has 3 nitrogen and oxygen atoms in total. The summed E-state index contributed by atoms with van der Waals surface area (Å²) in [5.74, 6) is 2.47. The van der Waals surface area contributed by atoms with E-state index in [2.05, 4.69) is 60.7 Å². The van der Waals surface area contributed by atoms with E-state index in [1.165, 1.54) is 5.39 Å². The molecule has 0 saturated heterocycles. The molecule has 0 aromatic heterocycles. The van der Waals surface area contributed by atoms with Crippen LogP contribution in [0.25, 0.3) is 43.4 Å². The summed E-state index contributed by atoms with van der Waals surface area (Å²) in [7, 11) is -3.45. The van der Waals surface area contributed by atoms with Crippen molar-refractivity contribution in [3.63, 3.8) is 0 Å². The molecule has 7 aromatic carbocycles. The lowest BCUT2D eigenvalue weighted by Crippen LogP contribution is -2.36. The minimum absolute atomic E-state index is 0.587. The van der Waals surface area contributed by atoms with E-state index in [1.54, 1.807) is 0 Å². The van der Waals surface area contributed by atoms with E-state index in [4.69, 9.17) is 9.47 Å². The van der Waals surface area contributed by atoms with Crippen molar-refractivity contribution in [3.8, 4) is 34.1 Å². The van der Waals surface area contributed by atoms with Crippen LogP contribution in [0.5, 0.6) is 23.0 Å². The van der Waals surface area contributed by atoms with E-state index in [9.17, 15) is 0 Å². The Hall–Kier alpha value is -4.85. The molecule has 9 rings (SSSR count). The normalized spacial score (nSPS) is 16.6. The number of hydrogen-bond acceptors (Lipinski definition) is 3. The van der Waals surface area contributed by atoms with Gasteiger partial charge in [0.1, 0.15) is 28.3 Å². The molecule has 4 heteroatoms. The zero-order valence-electron chi connectivity index (χ0n) is 21.3. The van der Waals surface area contributed by atoms with Crippen molar-refractivity contribution in [3.05, 3.63) is 127 Å². The molecular weight excluding hydrogens is 511 g/mol. The molecule has 2 aliphatic heterocycles. The highest BCUT2D eigenvalue weighted by Crippen LogP contribution is 2.61. The van der Waals surface area contributed by atoms with E-state index in [-0.39, 0.29) is 0 Å². The SMILES string of the molecule is O=P12c3c(ccc(-c4ccc5ccccc5c4)c3Oc3ccc4ccccc4c31)Oc1ccc3ccccc3c12. The third-order valence-corrected chi connectivity index (χ3v) is 11.5. The van der Waals surface area contributed by atoms with Crippen molar-refractivity contribution < 1.29 is 14.0 Å². The van der Waals surface area contributed by atoms with Crippen LogP contribution < -0.4 is 25.4 Å². The van der Waals surface area contributed by atoms with Crippen molar-refractivity contribution >= 4 is 55.4 Å². The van der Waals surface area contributed by atoms with Crippen molar-refractivity contribution in [1.82, 2.24) is 0 Å². The summed E-state index contributed by atoms with van der Waals surface area (Å²) in [6.45, 7) is 0. The first kappa shape index (κ1) is 22.0. The van der Waals surface area contributed by atoms with Crippen LogP contribution in [-0.2, 0) is 4.57 Å². The Bertz CT molecular complexity index is 2220. The van der Waals surface area contributed by atoms with Crippen LogP contribution in [0.4, 0.5) is 0 Å². The van der Waals surface area contributed by atoms with Gasteiger partial charge < -0.3 is 14.0 Å². The molecule has 40 heavy (non-hydrogen) atoms. The lowest BCUT2D eigenvalue weighted by atomic mass is 10.00. The Morgan fingerprint density at radius 3 is 1.68 bits per heavy atom. The first-order valence-corrected chi connectivity index (χ1v) is 15.1. The fourth-order valence-corrected chi connectivity index (χ4v) is 9.97. The van der Waals surface area contributed by atoms with E-state index in [1.807, 2.05) is 66.7 Å². The number of ether oxygens (including phenoxy) is 2. The second kappa shape index (κ2) is 7.85. The fraction of sp³-hybridized carbons (Fsp3) is 0. The number of fused-ring (bicyclic) bond motifs is 9. The molecule has 2 aliphatic rings. The summed E-state index contributed by atoms with van der Waals surface area (Å²) >= 11 is 0. The van der Waals surface area contributed by atoms with Gasteiger partial charge in [0.2, 0.25) is 0 Å². The van der Waals surface area contributed by atoms with Gasteiger partial charge in [0.05, 0.1) is 10.6 Å². The minimum atomic E-state index is -3.45. The smallest absolute Gasteiger partial charge is 0.187 e. The first-order valence-electron chi connectivity index (χ1n) is 13.4. The molecule has 0 fully saturated rings. The predicted octanol–water partition coefficient (Wildman–Crippen LogP) is 8.66. The lowest BCUT2D eigenvalue weighted by Gasteiger charge is -2.36. The summed E-state index contributed by atoms with van der Waals surface area (Å²) in [5, 5.41) is 8.40. The molecular formula is C36H21O3P. The van der Waals surface area contributed by atoms with Gasteiger partial charge in [0.25, 0.3) is 0 Å². The second-order valence-corrected chi connectivity index (χ2v) is 13.0. The van der Waals surface area contributed by atoms with Crippen LogP contribution in [0, 0.1) is 0 Å². The minimum Gasteiger partial charge on any atom is -0.456 e. The van der Waals surface area contributed by atoms with E-state index >= 15 is 4.57 Å². The summed E-state index contributed by atoms with van der Waals surface area (Å²) in [4.78, 5) is 0. The quantitative estimate of drug-likeness (QED) is 0.199. The molecule has 0 radical (unpaired) electrons. The van der Waals surface area contributed by atoms with Gasteiger partial charge in [-0.15, -0.1) is 0 Å². The lowest BCUT2D eigenvalue weighted by molar-refractivity contribution is 0.463. The van der Waals surface area contributed by atoms with Gasteiger partial charge in [0.15, 0.2) is 7.14 Å². The largest absolute Gasteiger partial charge is 0.456 e. The maximum absolute atomic E-state index is 16.2. The van der Waals surface area contributed by atoms with Gasteiger partial charge in [0, 0.05) is 5.56 Å². The standard InChI is InChI=1S/C36H21O3P/c37-40-34-28-11-5-3-8-23(28)15-18-30(34)38-32-20-17-27(26-14-13-22-7-1-2-10-25(22)21-26)33(36(32)40)39-31-19-16-24-9-4-6-12-29(24)35(31)40/h1-21H. The maximum atomic E-state index is 16.2. The molecule has 0 amide bonds. The Morgan fingerprint density at radius 1 is 0.450 bits per heavy atom. The Morgan fingerprint density at radius 2 is 0.975 bits per heavy atom. The first-order chi connectivity index (χ1) is 19.7. The molecule has 0 spiro atoms. The Labute approximate surface area is 230 Å². The van der Waals surface area contributed by atoms with Crippen LogP contribution in [0.3, 0.4) is 0 Å². The summed E-state index contributed by atoms with van der Waals surface area (Å²) in [5.41, 5.74) is 1.91. The van der Waals surface area contributed by atoms with Crippen LogP contribution in [-0.4, -0.2) is 0 Å². The summed E-state index contributed by atoms with van der Waals surface area (Å²) in [6, 6.07) is 43.0. The Balaban J connectivity index is 1.43. The van der Waals surface area contributed by atoms with E-state index in [0.29, 0.717) is 28.3 Å². The van der Waals surface area contributed by atoms with Crippen LogP contribution >= 0.6 is 7.14 Å². The van der Waals surface area contributed by atoms with Crippen LogP contribution in [0.1, 0.15) is 0 Å². The van der Waals surface area contributed by atoms with Crippen molar-refractivity contribution in [2.45, 2.75) is 0 Å². The third kappa shape index (κ3) is 2.82. The van der Waals surface area contributed by atoms with Crippen molar-refractivity contribution in [2.24, 2.45) is 0 Å². The van der Waals surface area contributed by atoms with Gasteiger partial charge in [-0.3, -0.25) is 0 Å². The highest BCUT2D eigenvalue weighted by atomic mass is 31.2. The third-order valence-electron chi connectivity index (χ3n) is 8.26. The highest BCUT2D eigenvalue weighted by molar-refractivity contribution is 7.87. The predicted molar refractivity (Wildman–Crippen MR) is 164 cm³/mol. The van der Waals surface area contributed by atoms with Gasteiger partial charge in [-0.2, -0.15) is 0 Å². The highest BCUT2D eigenvalue weighted by Gasteiger charge is 2.49. The zero-order chi connectivity index (χ0) is 26.4. The molecule has 188 valence electrons. The van der Waals surface area contributed by atoms with Crippen LogP contribution in [0.2, 0.25) is 0 Å². The topological polar surface area (TPSA) is 35.5 Å². The number of hydrogen-bond donors (Lipinski definition) is 0. The monoisotopic (exact) mass is 532 g/mol. The van der Waals surface area contributed by atoms with Crippen molar-refractivity contribution in [2.75, 3.05) is 0 Å².